The van der Waals surface area contributed by atoms with Gasteiger partial charge in [-0.1, -0.05) is 31.0 Å². The summed E-state index contributed by atoms with van der Waals surface area (Å²) in [5, 5.41) is 16.5. The first-order valence-corrected chi connectivity index (χ1v) is 10.1. The zero-order valence-electron chi connectivity index (χ0n) is 16.9. The number of benzene rings is 2. The van der Waals surface area contributed by atoms with E-state index in [1.165, 1.54) is 24.3 Å². The van der Waals surface area contributed by atoms with Crippen LogP contribution in [0.3, 0.4) is 0 Å². The average molecular weight is 443 g/mol. The number of hydrogen-bond donors (Lipinski definition) is 2. The third-order valence-electron chi connectivity index (χ3n) is 5.44. The maximum absolute atomic E-state index is 13.6. The van der Waals surface area contributed by atoms with Crippen LogP contribution in [0.5, 0.6) is 0 Å². The summed E-state index contributed by atoms with van der Waals surface area (Å²) in [6, 6.07) is 12.8. The van der Waals surface area contributed by atoms with Crippen LogP contribution in [0.25, 0.3) is 0 Å². The molecule has 0 unspecified atom stereocenters. The lowest BCUT2D eigenvalue weighted by molar-refractivity contribution is -0.384. The predicted octanol–water partition coefficient (Wildman–Crippen LogP) is 6.55. The molecule has 7 nitrogen and oxygen atoms in total. The largest absolute Gasteiger partial charge is 0.421 e. The van der Waals surface area contributed by atoms with Crippen LogP contribution < -0.4 is 10.6 Å². The molecule has 10 heteroatoms. The van der Waals surface area contributed by atoms with Crippen molar-refractivity contribution >= 4 is 28.8 Å². The van der Waals surface area contributed by atoms with E-state index < -0.39 is 16.7 Å². The van der Waals surface area contributed by atoms with E-state index in [9.17, 15) is 23.3 Å². The number of nitro benzene ring substituents is 1. The molecule has 0 atom stereocenters. The number of rotatable bonds is 6. The van der Waals surface area contributed by atoms with Gasteiger partial charge >= 0.3 is 6.18 Å². The molecule has 1 saturated carbocycles. The first kappa shape index (κ1) is 21.5. The van der Waals surface area contributed by atoms with E-state index in [1.807, 2.05) is 12.1 Å². The Hall–Kier alpha value is -3.69. The molecule has 2 N–H and O–H groups in total. The Balaban J connectivity index is 1.65. The van der Waals surface area contributed by atoms with Crippen molar-refractivity contribution in [2.24, 2.45) is 0 Å². The van der Waals surface area contributed by atoms with E-state index in [2.05, 4.69) is 20.6 Å². The van der Waals surface area contributed by atoms with E-state index in [-0.39, 0.29) is 17.5 Å². The van der Waals surface area contributed by atoms with Crippen molar-refractivity contribution in [2.75, 3.05) is 10.6 Å². The molecule has 166 valence electrons. The highest BCUT2D eigenvalue weighted by molar-refractivity contribution is 5.66. The summed E-state index contributed by atoms with van der Waals surface area (Å²) in [6.07, 6.45) is 0.286. The fourth-order valence-corrected chi connectivity index (χ4v) is 3.87. The minimum absolute atomic E-state index is 0.0623. The second kappa shape index (κ2) is 8.81. The highest BCUT2D eigenvalue weighted by Crippen LogP contribution is 2.40. The number of nitrogens with one attached hydrogen (secondary N) is 2. The third kappa shape index (κ3) is 4.79. The van der Waals surface area contributed by atoms with Gasteiger partial charge in [0.15, 0.2) is 0 Å². The molecular formula is C22H20F3N5O2. The van der Waals surface area contributed by atoms with Crippen LogP contribution in [0.15, 0.2) is 54.7 Å². The standard InChI is InChI=1S/C22H20F3N5O2/c23-22(24,25)18-13-26-21(27-15-9-11-16(12-10-15)30(31)32)29-20(18)28-19-8-4-3-7-17(19)14-5-1-2-6-14/h3-4,7-14H,1-2,5-6H2,(H2,26,27,28,29). The summed E-state index contributed by atoms with van der Waals surface area (Å²) in [5.41, 5.74) is 0.891. The Labute approximate surface area is 181 Å². The van der Waals surface area contributed by atoms with Gasteiger partial charge < -0.3 is 10.6 Å². The van der Waals surface area contributed by atoms with Gasteiger partial charge in [-0.15, -0.1) is 0 Å². The van der Waals surface area contributed by atoms with Crippen molar-refractivity contribution in [3.8, 4) is 0 Å². The van der Waals surface area contributed by atoms with Gasteiger partial charge in [0, 0.05) is 29.7 Å². The molecule has 1 aromatic heterocycles. The molecule has 0 aliphatic heterocycles. The number of alkyl halides is 3. The molecule has 1 fully saturated rings. The molecule has 4 rings (SSSR count). The Bertz CT molecular complexity index is 1110. The maximum atomic E-state index is 13.6. The second-order valence-electron chi connectivity index (χ2n) is 7.58. The van der Waals surface area contributed by atoms with Crippen molar-refractivity contribution in [2.45, 2.75) is 37.8 Å². The predicted molar refractivity (Wildman–Crippen MR) is 114 cm³/mol. The van der Waals surface area contributed by atoms with Crippen molar-refractivity contribution < 1.29 is 18.1 Å². The summed E-state index contributed by atoms with van der Waals surface area (Å²) in [4.78, 5) is 18.1. The molecule has 3 aromatic rings. The molecule has 0 spiro atoms. The lowest BCUT2D eigenvalue weighted by atomic mass is 9.96. The van der Waals surface area contributed by atoms with Gasteiger partial charge in [0.1, 0.15) is 11.4 Å². The second-order valence-corrected chi connectivity index (χ2v) is 7.58. The Morgan fingerprint density at radius 1 is 1.00 bits per heavy atom. The number of halogens is 3. The van der Waals surface area contributed by atoms with Crippen LogP contribution in [-0.2, 0) is 6.18 Å². The number of nitrogens with zero attached hydrogens (tertiary/aromatic N) is 3. The quantitative estimate of drug-likeness (QED) is 0.332. The molecule has 2 aromatic carbocycles. The lowest BCUT2D eigenvalue weighted by Crippen LogP contribution is -2.13. The topological polar surface area (TPSA) is 93.0 Å². The van der Waals surface area contributed by atoms with E-state index in [0.717, 1.165) is 37.4 Å². The lowest BCUT2D eigenvalue weighted by Gasteiger charge is -2.19. The molecule has 0 radical (unpaired) electrons. The van der Waals surface area contributed by atoms with Gasteiger partial charge in [-0.2, -0.15) is 18.2 Å². The monoisotopic (exact) mass is 443 g/mol. The Kier molecular flexibility index (Phi) is 5.93. The Morgan fingerprint density at radius 2 is 1.69 bits per heavy atom. The van der Waals surface area contributed by atoms with Crippen LogP contribution >= 0.6 is 0 Å². The number of non-ortho nitro benzene ring substituents is 1. The van der Waals surface area contributed by atoms with Crippen LogP contribution in [0, 0.1) is 10.1 Å². The number of para-hydroxylation sites is 1. The molecule has 1 aliphatic carbocycles. The van der Waals surface area contributed by atoms with Crippen LogP contribution in [0.4, 0.5) is 42.0 Å². The normalized spacial score (nSPS) is 14.3. The summed E-state index contributed by atoms with van der Waals surface area (Å²) in [5.74, 6) is -0.123. The molecule has 1 aliphatic rings. The fourth-order valence-electron chi connectivity index (χ4n) is 3.87. The fraction of sp³-hybridized carbons (Fsp3) is 0.273. The van der Waals surface area contributed by atoms with Crippen molar-refractivity contribution in [3.05, 3.63) is 76.0 Å². The van der Waals surface area contributed by atoms with E-state index in [0.29, 0.717) is 17.3 Å². The zero-order chi connectivity index (χ0) is 22.7. The van der Waals surface area contributed by atoms with Crippen molar-refractivity contribution in [1.29, 1.82) is 0 Å². The van der Waals surface area contributed by atoms with Gasteiger partial charge in [-0.25, -0.2) is 4.98 Å². The smallest absolute Gasteiger partial charge is 0.339 e. The summed E-state index contributed by atoms with van der Waals surface area (Å²) >= 11 is 0. The number of hydrogen-bond acceptors (Lipinski definition) is 6. The van der Waals surface area contributed by atoms with Crippen molar-refractivity contribution in [1.82, 2.24) is 9.97 Å². The maximum Gasteiger partial charge on any atom is 0.421 e. The molecular weight excluding hydrogens is 423 g/mol. The van der Waals surface area contributed by atoms with Gasteiger partial charge in [0.05, 0.1) is 4.92 Å². The molecule has 0 bridgehead atoms. The first-order chi connectivity index (χ1) is 15.3. The molecule has 0 amide bonds. The highest BCUT2D eigenvalue weighted by Gasteiger charge is 2.35. The van der Waals surface area contributed by atoms with Crippen molar-refractivity contribution in [3.63, 3.8) is 0 Å². The highest BCUT2D eigenvalue weighted by atomic mass is 19.4. The number of nitro groups is 1. The van der Waals surface area contributed by atoms with Gasteiger partial charge in [0.2, 0.25) is 5.95 Å². The number of anilines is 4. The van der Waals surface area contributed by atoms with Crippen LogP contribution in [0.2, 0.25) is 0 Å². The third-order valence-corrected chi connectivity index (χ3v) is 5.44. The van der Waals surface area contributed by atoms with Gasteiger partial charge in [-0.05, 0) is 42.5 Å². The minimum Gasteiger partial charge on any atom is -0.339 e. The first-order valence-electron chi connectivity index (χ1n) is 10.1. The van der Waals surface area contributed by atoms with Crippen LogP contribution in [-0.4, -0.2) is 14.9 Å². The SMILES string of the molecule is O=[N+]([O-])c1ccc(Nc2ncc(C(F)(F)F)c(Nc3ccccc3C3CCCC3)n2)cc1. The molecule has 32 heavy (non-hydrogen) atoms. The molecule has 1 heterocycles. The summed E-state index contributed by atoms with van der Waals surface area (Å²) in [7, 11) is 0. The van der Waals surface area contributed by atoms with Crippen LogP contribution in [0.1, 0.15) is 42.7 Å². The van der Waals surface area contributed by atoms with E-state index in [1.54, 1.807) is 12.1 Å². The molecule has 0 saturated heterocycles. The zero-order valence-corrected chi connectivity index (χ0v) is 16.9. The average Bonchev–Trinajstić information content (AvgIpc) is 3.28. The summed E-state index contributed by atoms with van der Waals surface area (Å²) < 4.78 is 40.9. The van der Waals surface area contributed by atoms with E-state index >= 15 is 0 Å². The van der Waals surface area contributed by atoms with Gasteiger partial charge in [0.25, 0.3) is 5.69 Å². The minimum atomic E-state index is -4.64. The Morgan fingerprint density at radius 3 is 2.34 bits per heavy atom. The number of aromatic nitrogens is 2. The van der Waals surface area contributed by atoms with Gasteiger partial charge in [-0.3, -0.25) is 10.1 Å². The summed E-state index contributed by atoms with van der Waals surface area (Å²) in [6.45, 7) is 0. The van der Waals surface area contributed by atoms with E-state index in [4.69, 9.17) is 0 Å².